The van der Waals surface area contributed by atoms with Gasteiger partial charge in [-0.3, -0.25) is 4.79 Å². The van der Waals surface area contributed by atoms with Crippen molar-refractivity contribution in [3.05, 3.63) is 35.4 Å². The van der Waals surface area contributed by atoms with Gasteiger partial charge in [0.25, 0.3) is 0 Å². The van der Waals surface area contributed by atoms with Gasteiger partial charge >= 0.3 is 0 Å². The molecular weight excluding hydrogens is 260 g/mol. The summed E-state index contributed by atoms with van der Waals surface area (Å²) in [5.41, 5.74) is 8.34. The summed E-state index contributed by atoms with van der Waals surface area (Å²) in [7, 11) is 0. The fraction of sp³-hybridized carbons (Fsp3) is 0.611. The number of hydrogen-bond acceptors (Lipinski definition) is 2. The fourth-order valence-electron chi connectivity index (χ4n) is 3.31. The molecule has 114 valence electrons. The van der Waals surface area contributed by atoms with Crippen LogP contribution in [0.15, 0.2) is 24.3 Å². The highest BCUT2D eigenvalue weighted by Gasteiger charge is 2.53. The third-order valence-corrected chi connectivity index (χ3v) is 4.97. The Hall–Kier alpha value is -1.35. The normalized spacial score (nSPS) is 24.2. The molecule has 0 bridgehead atoms. The molecule has 1 atom stereocenters. The summed E-state index contributed by atoms with van der Waals surface area (Å²) < 4.78 is 0. The van der Waals surface area contributed by atoms with E-state index >= 15 is 0 Å². The quantitative estimate of drug-likeness (QED) is 0.908. The smallest absolute Gasteiger partial charge is 0.233 e. The summed E-state index contributed by atoms with van der Waals surface area (Å²) in [6, 6.07) is 8.83. The number of hydrogen-bond donors (Lipinski definition) is 1. The maximum absolute atomic E-state index is 12.8. The lowest BCUT2D eigenvalue weighted by Gasteiger charge is -2.25. The van der Waals surface area contributed by atoms with Gasteiger partial charge in [0, 0.05) is 19.1 Å². The van der Waals surface area contributed by atoms with Gasteiger partial charge in [0.15, 0.2) is 0 Å². The Bertz CT molecular complexity index is 537. The number of nitrogens with two attached hydrogens (primary N) is 1. The fourth-order valence-corrected chi connectivity index (χ4v) is 3.31. The van der Waals surface area contributed by atoms with Crippen LogP contribution in [0.5, 0.6) is 0 Å². The van der Waals surface area contributed by atoms with E-state index in [-0.39, 0.29) is 16.9 Å². The summed E-state index contributed by atoms with van der Waals surface area (Å²) in [5, 5.41) is 0. The molecule has 0 radical (unpaired) electrons. The minimum Gasteiger partial charge on any atom is -0.340 e. The zero-order valence-corrected chi connectivity index (χ0v) is 13.4. The molecule has 21 heavy (non-hydrogen) atoms. The van der Waals surface area contributed by atoms with Gasteiger partial charge in [-0.1, -0.05) is 45.0 Å². The van der Waals surface area contributed by atoms with Crippen molar-refractivity contribution >= 4 is 5.91 Å². The SMILES string of the molecule is CC(C)(C)c1ccc(C2(C(=O)N3CC[C@@H](N)C3)CC2)cc1. The lowest BCUT2D eigenvalue weighted by Crippen LogP contribution is -2.39. The Morgan fingerprint density at radius 3 is 2.29 bits per heavy atom. The summed E-state index contributed by atoms with van der Waals surface area (Å²) in [6.45, 7) is 8.19. The van der Waals surface area contributed by atoms with Gasteiger partial charge in [-0.2, -0.15) is 0 Å². The summed E-state index contributed by atoms with van der Waals surface area (Å²) >= 11 is 0. The average Bonchev–Trinajstić information content (AvgIpc) is 3.14. The highest BCUT2D eigenvalue weighted by atomic mass is 16.2. The lowest BCUT2D eigenvalue weighted by atomic mass is 9.84. The Morgan fingerprint density at radius 1 is 1.24 bits per heavy atom. The van der Waals surface area contributed by atoms with Crippen molar-refractivity contribution in [2.75, 3.05) is 13.1 Å². The first kappa shape index (κ1) is 14.6. The van der Waals surface area contributed by atoms with E-state index in [1.165, 1.54) is 11.1 Å². The number of benzene rings is 1. The molecule has 2 fully saturated rings. The molecule has 1 saturated carbocycles. The molecule has 3 nitrogen and oxygen atoms in total. The molecule has 1 aromatic rings. The zero-order valence-electron chi connectivity index (χ0n) is 13.4. The van der Waals surface area contributed by atoms with Gasteiger partial charge in [-0.25, -0.2) is 0 Å². The molecule has 1 aliphatic carbocycles. The highest BCUT2D eigenvalue weighted by Crippen LogP contribution is 2.50. The third kappa shape index (κ3) is 2.59. The van der Waals surface area contributed by atoms with Crippen LogP contribution >= 0.6 is 0 Å². The number of carbonyl (C=O) groups is 1. The number of nitrogens with zero attached hydrogens (tertiary/aromatic N) is 1. The van der Waals surface area contributed by atoms with Crippen LogP contribution in [0.4, 0.5) is 0 Å². The van der Waals surface area contributed by atoms with Crippen molar-refractivity contribution in [3.63, 3.8) is 0 Å². The van der Waals surface area contributed by atoms with Gasteiger partial charge in [-0.05, 0) is 35.8 Å². The predicted octanol–water partition coefficient (Wildman–Crippen LogP) is 2.58. The van der Waals surface area contributed by atoms with Crippen LogP contribution in [0, 0.1) is 0 Å². The van der Waals surface area contributed by atoms with Gasteiger partial charge < -0.3 is 10.6 Å². The van der Waals surface area contributed by atoms with Crippen molar-refractivity contribution in [2.45, 2.75) is 56.9 Å². The van der Waals surface area contributed by atoms with Gasteiger partial charge in [0.1, 0.15) is 0 Å². The van der Waals surface area contributed by atoms with Gasteiger partial charge in [0.2, 0.25) is 5.91 Å². The standard InChI is InChI=1S/C18H26N2O/c1-17(2,3)13-4-6-14(7-5-13)18(9-10-18)16(21)20-11-8-15(19)12-20/h4-7,15H,8-12,19H2,1-3H3/t15-/m1/s1. The summed E-state index contributed by atoms with van der Waals surface area (Å²) in [6.07, 6.45) is 2.89. The van der Waals surface area contributed by atoms with Crippen LogP contribution in [0.1, 0.15) is 51.2 Å². The first-order valence-electron chi connectivity index (χ1n) is 7.99. The molecule has 1 aliphatic heterocycles. The predicted molar refractivity (Wildman–Crippen MR) is 85.2 cm³/mol. The molecular formula is C18H26N2O. The second kappa shape index (κ2) is 4.84. The summed E-state index contributed by atoms with van der Waals surface area (Å²) in [4.78, 5) is 14.8. The molecule has 2 aliphatic rings. The van der Waals surface area contributed by atoms with Crippen LogP contribution in [0.25, 0.3) is 0 Å². The minimum absolute atomic E-state index is 0.154. The molecule has 1 saturated heterocycles. The molecule has 1 aromatic carbocycles. The lowest BCUT2D eigenvalue weighted by molar-refractivity contribution is -0.132. The van der Waals surface area contributed by atoms with Crippen molar-refractivity contribution in [1.29, 1.82) is 0 Å². The molecule has 2 N–H and O–H groups in total. The van der Waals surface area contributed by atoms with Crippen LogP contribution in [-0.4, -0.2) is 29.9 Å². The van der Waals surface area contributed by atoms with Crippen molar-refractivity contribution in [3.8, 4) is 0 Å². The highest BCUT2D eigenvalue weighted by molar-refractivity contribution is 5.91. The maximum atomic E-state index is 12.8. The Balaban J connectivity index is 1.81. The molecule has 0 spiro atoms. The van der Waals surface area contributed by atoms with Crippen molar-refractivity contribution < 1.29 is 4.79 Å². The van der Waals surface area contributed by atoms with Crippen LogP contribution in [0.2, 0.25) is 0 Å². The molecule has 1 heterocycles. The van der Waals surface area contributed by atoms with Crippen LogP contribution < -0.4 is 5.73 Å². The maximum Gasteiger partial charge on any atom is 0.233 e. The number of rotatable bonds is 2. The zero-order chi connectivity index (χ0) is 15.3. The Kier molecular flexibility index (Phi) is 3.36. The average molecular weight is 286 g/mol. The topological polar surface area (TPSA) is 46.3 Å². The van der Waals surface area contributed by atoms with Crippen molar-refractivity contribution in [1.82, 2.24) is 4.90 Å². The van der Waals surface area contributed by atoms with E-state index in [0.717, 1.165) is 32.4 Å². The third-order valence-electron chi connectivity index (χ3n) is 4.97. The molecule has 0 aromatic heterocycles. The molecule has 3 rings (SSSR count). The monoisotopic (exact) mass is 286 g/mol. The van der Waals surface area contributed by atoms with Gasteiger partial charge in [-0.15, -0.1) is 0 Å². The first-order valence-corrected chi connectivity index (χ1v) is 7.99. The molecule has 3 heteroatoms. The van der Waals surface area contributed by atoms with E-state index < -0.39 is 0 Å². The van der Waals surface area contributed by atoms with E-state index in [2.05, 4.69) is 45.0 Å². The molecule has 0 unspecified atom stereocenters. The van der Waals surface area contributed by atoms with E-state index in [0.29, 0.717) is 5.91 Å². The van der Waals surface area contributed by atoms with E-state index in [4.69, 9.17) is 5.73 Å². The minimum atomic E-state index is -0.250. The largest absolute Gasteiger partial charge is 0.340 e. The second-order valence-corrected chi connectivity index (χ2v) is 7.71. The summed E-state index contributed by atoms with van der Waals surface area (Å²) in [5.74, 6) is 0.291. The van der Waals surface area contributed by atoms with Crippen LogP contribution in [0.3, 0.4) is 0 Å². The molecule has 1 amide bonds. The van der Waals surface area contributed by atoms with E-state index in [1.54, 1.807) is 0 Å². The van der Waals surface area contributed by atoms with Crippen molar-refractivity contribution in [2.24, 2.45) is 5.73 Å². The number of carbonyl (C=O) groups excluding carboxylic acids is 1. The Morgan fingerprint density at radius 2 is 1.86 bits per heavy atom. The Labute approximate surface area is 127 Å². The first-order chi connectivity index (χ1) is 9.83. The van der Waals surface area contributed by atoms with E-state index in [1.807, 2.05) is 4.90 Å². The van der Waals surface area contributed by atoms with Crippen LogP contribution in [-0.2, 0) is 15.6 Å². The number of amides is 1. The number of likely N-dealkylation sites (tertiary alicyclic amines) is 1. The van der Waals surface area contributed by atoms with Gasteiger partial charge in [0.05, 0.1) is 5.41 Å². The van der Waals surface area contributed by atoms with E-state index in [9.17, 15) is 4.79 Å². The second-order valence-electron chi connectivity index (χ2n) is 7.71.